The number of aromatic nitrogens is 2. The zero-order valence-electron chi connectivity index (χ0n) is 30.5. The molecule has 1 amide bonds. The minimum absolute atomic E-state index is 0.122. The summed E-state index contributed by atoms with van der Waals surface area (Å²) in [6, 6.07) is 23.6. The molecule has 53 heavy (non-hydrogen) atoms. The van der Waals surface area contributed by atoms with E-state index in [1.165, 1.54) is 6.07 Å². The van der Waals surface area contributed by atoms with E-state index in [1.807, 2.05) is 42.5 Å². The molecule has 2 aliphatic rings. The van der Waals surface area contributed by atoms with E-state index in [4.69, 9.17) is 19.9 Å². The van der Waals surface area contributed by atoms with Gasteiger partial charge in [0, 0.05) is 43.4 Å². The van der Waals surface area contributed by atoms with Crippen molar-refractivity contribution in [3.8, 4) is 28.4 Å². The van der Waals surface area contributed by atoms with E-state index in [2.05, 4.69) is 10.3 Å². The molecule has 0 saturated carbocycles. The quantitative estimate of drug-likeness (QED) is 0.0596. The van der Waals surface area contributed by atoms with Gasteiger partial charge in [0.25, 0.3) is 5.56 Å². The number of rotatable bonds is 22. The van der Waals surface area contributed by atoms with Crippen LogP contribution < -0.4 is 21.3 Å². The number of H-pyrrole nitrogens is 1. The van der Waals surface area contributed by atoms with Crippen molar-refractivity contribution in [2.45, 2.75) is 64.4 Å². The number of fused-ring (bicyclic) bond motifs is 1. The second kappa shape index (κ2) is 20.3. The summed E-state index contributed by atoms with van der Waals surface area (Å²) in [6.07, 6.45) is 7.89. The summed E-state index contributed by atoms with van der Waals surface area (Å²) >= 11 is 0. The lowest BCUT2D eigenvalue weighted by Crippen LogP contribution is -2.35. The van der Waals surface area contributed by atoms with Gasteiger partial charge in [0.15, 0.2) is 11.6 Å². The number of nitrogens with zero attached hydrogens (tertiary/aromatic N) is 1. The summed E-state index contributed by atoms with van der Waals surface area (Å²) < 4.78 is 33.2. The summed E-state index contributed by atoms with van der Waals surface area (Å²) in [4.78, 5) is 29.3. The summed E-state index contributed by atoms with van der Waals surface area (Å²) in [7, 11) is 0. The molecule has 0 fully saturated rings. The number of phenolic OH excluding ortho intramolecular Hbond substituents is 1. The topological polar surface area (TPSA) is 141 Å². The predicted octanol–water partition coefficient (Wildman–Crippen LogP) is 6.51. The second-order valence-corrected chi connectivity index (χ2v) is 13.2. The van der Waals surface area contributed by atoms with Crippen molar-refractivity contribution in [3.63, 3.8) is 0 Å². The van der Waals surface area contributed by atoms with Crippen LogP contribution in [0.25, 0.3) is 16.9 Å². The van der Waals surface area contributed by atoms with Gasteiger partial charge in [-0.3, -0.25) is 14.2 Å². The van der Waals surface area contributed by atoms with Gasteiger partial charge in [0.1, 0.15) is 11.9 Å². The molecule has 0 aliphatic carbocycles. The Bertz CT molecular complexity index is 1890. The number of carbonyl (C=O) groups excluding carboxylic acids is 1. The fourth-order valence-electron chi connectivity index (χ4n) is 6.17. The number of carbonyl (C=O) groups is 1. The van der Waals surface area contributed by atoms with Crippen LogP contribution in [0.5, 0.6) is 11.5 Å². The molecule has 282 valence electrons. The van der Waals surface area contributed by atoms with Crippen LogP contribution in [-0.2, 0) is 27.1 Å². The molecule has 2 aliphatic heterocycles. The Balaban J connectivity index is 1.07. The fraction of sp³-hybridized carbons (Fsp3) is 0.381. The monoisotopic (exact) mass is 726 g/mol. The second-order valence-electron chi connectivity index (χ2n) is 13.2. The van der Waals surface area contributed by atoms with Gasteiger partial charge in [-0.25, -0.2) is 4.39 Å². The lowest BCUT2D eigenvalue weighted by atomic mass is 10.1. The van der Waals surface area contributed by atoms with Gasteiger partial charge >= 0.3 is 0 Å². The van der Waals surface area contributed by atoms with Gasteiger partial charge in [-0.15, -0.1) is 0 Å². The number of ether oxygens (including phenoxy) is 3. The molecule has 0 aromatic heterocycles. The third kappa shape index (κ3) is 11.8. The molecule has 3 aromatic carbocycles. The van der Waals surface area contributed by atoms with Crippen LogP contribution in [0.3, 0.4) is 0 Å². The predicted molar refractivity (Wildman–Crippen MR) is 205 cm³/mol. The molecule has 10 nitrogen and oxygen atoms in total. The van der Waals surface area contributed by atoms with Gasteiger partial charge in [0.2, 0.25) is 5.91 Å². The van der Waals surface area contributed by atoms with Crippen molar-refractivity contribution >= 4 is 5.91 Å². The molecule has 0 spiro atoms. The molecule has 1 atom stereocenters. The number of unbranched alkanes of at least 4 members (excludes halogenated alkanes) is 5. The lowest BCUT2D eigenvalue weighted by molar-refractivity contribution is -0.132. The van der Waals surface area contributed by atoms with E-state index in [0.717, 1.165) is 66.7 Å². The van der Waals surface area contributed by atoms with Gasteiger partial charge in [-0.05, 0) is 78.9 Å². The highest BCUT2D eigenvalue weighted by atomic mass is 19.1. The lowest BCUT2D eigenvalue weighted by Gasteiger charge is -2.14. The Labute approximate surface area is 310 Å². The molecular weight excluding hydrogens is 675 g/mol. The van der Waals surface area contributed by atoms with E-state index in [-0.39, 0.29) is 29.4 Å². The Morgan fingerprint density at radius 1 is 0.887 bits per heavy atom. The van der Waals surface area contributed by atoms with E-state index in [9.17, 15) is 14.7 Å². The number of aromatic hydroxyl groups is 1. The molecule has 0 radical (unpaired) electrons. The summed E-state index contributed by atoms with van der Waals surface area (Å²) in [5.74, 6) is -0.206. The summed E-state index contributed by atoms with van der Waals surface area (Å²) in [5.41, 5.74) is 10.8. The fourth-order valence-corrected chi connectivity index (χ4v) is 6.17. The molecule has 0 saturated heterocycles. The third-order valence-corrected chi connectivity index (χ3v) is 9.06. The number of aromatic amines is 1. The zero-order chi connectivity index (χ0) is 37.4. The number of amides is 1. The number of hydrogen-bond acceptors (Lipinski definition) is 7. The smallest absolute Gasteiger partial charge is 0.258 e. The van der Waals surface area contributed by atoms with Crippen molar-refractivity contribution < 1.29 is 28.5 Å². The highest BCUT2D eigenvalue weighted by Gasteiger charge is 2.19. The third-order valence-electron chi connectivity index (χ3n) is 9.06. The van der Waals surface area contributed by atoms with Crippen molar-refractivity contribution in [1.82, 2.24) is 14.9 Å². The van der Waals surface area contributed by atoms with Crippen molar-refractivity contribution in [1.29, 1.82) is 0 Å². The maximum Gasteiger partial charge on any atom is 0.258 e. The first-order chi connectivity index (χ1) is 25.8. The van der Waals surface area contributed by atoms with E-state index in [1.54, 1.807) is 48.0 Å². The number of nitrogens with two attached hydrogens (primary N) is 1. The molecular formula is C42H51FN4O6. The number of hydrogen-bond donors (Lipinski definition) is 4. The maximum atomic E-state index is 15.1. The van der Waals surface area contributed by atoms with E-state index >= 15 is 4.39 Å². The van der Waals surface area contributed by atoms with Crippen LogP contribution in [0.1, 0.15) is 67.8 Å². The van der Waals surface area contributed by atoms with Crippen LogP contribution >= 0.6 is 0 Å². The average Bonchev–Trinajstić information content (AvgIpc) is 3.47. The first-order valence-electron chi connectivity index (χ1n) is 18.5. The van der Waals surface area contributed by atoms with Crippen molar-refractivity contribution in [2.24, 2.45) is 5.73 Å². The summed E-state index contributed by atoms with van der Waals surface area (Å²) in [6.45, 7) is 4.47. The molecule has 0 bridgehead atoms. The molecule has 11 heteroatoms. The zero-order valence-corrected chi connectivity index (χ0v) is 30.5. The summed E-state index contributed by atoms with van der Waals surface area (Å²) in [5, 5.41) is 12.7. The average molecular weight is 727 g/mol. The van der Waals surface area contributed by atoms with Crippen LogP contribution in [0.4, 0.5) is 4.39 Å². The van der Waals surface area contributed by atoms with Crippen LogP contribution in [-0.4, -0.2) is 66.2 Å². The van der Waals surface area contributed by atoms with Crippen molar-refractivity contribution in [2.75, 3.05) is 39.5 Å². The minimum atomic E-state index is -0.519. The minimum Gasteiger partial charge on any atom is -0.508 e. The number of nitrogens with one attached hydrogen (secondary N) is 2. The van der Waals surface area contributed by atoms with Crippen LogP contribution in [0, 0.1) is 5.82 Å². The Hall–Kier alpha value is -4.97. The normalized spacial score (nSPS) is 11.9. The number of benzene rings is 3. The van der Waals surface area contributed by atoms with Gasteiger partial charge in [0.05, 0.1) is 37.8 Å². The highest BCUT2D eigenvalue weighted by molar-refractivity contribution is 5.80. The Morgan fingerprint density at radius 2 is 1.64 bits per heavy atom. The van der Waals surface area contributed by atoms with Crippen molar-refractivity contribution in [3.05, 3.63) is 124 Å². The Kier molecular flexibility index (Phi) is 15.0. The standard InChI is InChI=1S/C42H51FN4O6/c1-30(52-24-23-51-22-19-44)41(49)45-20-9-4-2-3-5-10-21-53-40-18-13-32(26-36(40)43)25-34-28-39-37(27-31-11-7-6-8-12-31)46-38(29-47(39)42(34)50)33-14-16-35(48)17-15-33/h6-8,11-18,26,28-30,46,48H,2-5,9-10,19-25,27,44H2,1H3,(H,45,49). The van der Waals surface area contributed by atoms with E-state index < -0.39 is 11.9 Å². The van der Waals surface area contributed by atoms with E-state index in [0.29, 0.717) is 57.1 Å². The SMILES string of the molecule is CC(OCCOCCN)C(=O)NCCCCCCCCOc1ccc(Cc2cc3c(Cc4ccccc4)[nH]c(-c4ccc(O)cc4)cn-3c2=O)cc1F. The largest absolute Gasteiger partial charge is 0.508 e. The van der Waals surface area contributed by atoms with Crippen LogP contribution in [0.2, 0.25) is 0 Å². The van der Waals surface area contributed by atoms with Gasteiger partial charge < -0.3 is 35.4 Å². The molecule has 2 heterocycles. The Morgan fingerprint density at radius 3 is 2.40 bits per heavy atom. The highest BCUT2D eigenvalue weighted by Crippen LogP contribution is 2.27. The van der Waals surface area contributed by atoms with Crippen LogP contribution in [0.15, 0.2) is 89.9 Å². The molecule has 3 aromatic rings. The first-order valence-corrected chi connectivity index (χ1v) is 18.5. The molecule has 1 unspecified atom stereocenters. The molecule has 5 rings (SSSR count). The first kappa shape index (κ1) is 39.2. The molecule has 5 N–H and O–H groups in total. The maximum absolute atomic E-state index is 15.1. The number of halogens is 1. The van der Waals surface area contributed by atoms with Gasteiger partial charge in [-0.1, -0.05) is 62.1 Å². The van der Waals surface area contributed by atoms with Gasteiger partial charge in [-0.2, -0.15) is 0 Å². The number of phenols is 1.